The number of likely N-dealkylation sites (tertiary alicyclic amines) is 1. The van der Waals surface area contributed by atoms with Crippen molar-refractivity contribution in [2.24, 2.45) is 5.92 Å². The molecule has 1 aromatic rings. The van der Waals surface area contributed by atoms with Gasteiger partial charge in [-0.3, -0.25) is 4.79 Å². The number of amides is 1. The summed E-state index contributed by atoms with van der Waals surface area (Å²) in [7, 11) is -3.71. The van der Waals surface area contributed by atoms with E-state index in [2.05, 4.69) is 11.6 Å². The molecule has 0 radical (unpaired) electrons. The Kier molecular flexibility index (Phi) is 6.29. The Hall–Kier alpha value is -1.48. The molecular formula is C18H26N2O5S. The molecule has 2 fully saturated rings. The lowest BCUT2D eigenvalue weighted by Crippen LogP contribution is -2.40. The fraction of sp³-hybridized carbons (Fsp3) is 0.611. The monoisotopic (exact) mass is 382 g/mol. The van der Waals surface area contributed by atoms with Gasteiger partial charge in [0, 0.05) is 25.2 Å². The molecule has 8 heteroatoms. The summed E-state index contributed by atoms with van der Waals surface area (Å²) in [5, 5.41) is 0. The summed E-state index contributed by atoms with van der Waals surface area (Å²) in [4.78, 5) is 14.6. The first-order valence-corrected chi connectivity index (χ1v) is 10.5. The van der Waals surface area contributed by atoms with Gasteiger partial charge in [0.15, 0.2) is 0 Å². The number of hydrogen-bond acceptors (Lipinski definition) is 5. The molecule has 7 nitrogen and oxygen atoms in total. The van der Waals surface area contributed by atoms with E-state index in [-0.39, 0.29) is 23.5 Å². The first kappa shape index (κ1) is 19.3. The van der Waals surface area contributed by atoms with E-state index >= 15 is 0 Å². The van der Waals surface area contributed by atoms with Gasteiger partial charge in [0.05, 0.1) is 30.8 Å². The molecule has 26 heavy (non-hydrogen) atoms. The van der Waals surface area contributed by atoms with E-state index in [0.29, 0.717) is 44.4 Å². The van der Waals surface area contributed by atoms with Gasteiger partial charge < -0.3 is 14.4 Å². The molecule has 2 aliphatic rings. The molecule has 0 aliphatic carbocycles. The van der Waals surface area contributed by atoms with Crippen molar-refractivity contribution in [3.63, 3.8) is 0 Å². The SMILES string of the molecule is CC1CCN(C(=O)c2cccc(S(=O)(=O)NC[C@H]3COCCO3)c2)CC1. The number of benzene rings is 1. The van der Waals surface area contributed by atoms with E-state index in [1.165, 1.54) is 12.1 Å². The van der Waals surface area contributed by atoms with Crippen LogP contribution in [0.5, 0.6) is 0 Å². The van der Waals surface area contributed by atoms with Crippen molar-refractivity contribution in [1.29, 1.82) is 0 Å². The maximum absolute atomic E-state index is 12.7. The predicted octanol–water partition coefficient (Wildman–Crippen LogP) is 1.25. The highest BCUT2D eigenvalue weighted by molar-refractivity contribution is 7.89. The van der Waals surface area contributed by atoms with Crippen LogP contribution >= 0.6 is 0 Å². The van der Waals surface area contributed by atoms with Crippen molar-refractivity contribution in [1.82, 2.24) is 9.62 Å². The van der Waals surface area contributed by atoms with Crippen LogP contribution in [0.1, 0.15) is 30.1 Å². The fourth-order valence-electron chi connectivity index (χ4n) is 3.13. The number of piperidine rings is 1. The van der Waals surface area contributed by atoms with Gasteiger partial charge in [0.2, 0.25) is 10.0 Å². The molecule has 1 N–H and O–H groups in total. The van der Waals surface area contributed by atoms with Crippen LogP contribution in [0.15, 0.2) is 29.2 Å². The molecule has 2 aliphatic heterocycles. The van der Waals surface area contributed by atoms with Gasteiger partial charge in [-0.2, -0.15) is 0 Å². The minimum atomic E-state index is -3.71. The van der Waals surface area contributed by atoms with E-state index in [0.717, 1.165) is 12.8 Å². The quantitative estimate of drug-likeness (QED) is 0.829. The number of nitrogens with one attached hydrogen (secondary N) is 1. The van der Waals surface area contributed by atoms with Gasteiger partial charge in [0.1, 0.15) is 0 Å². The van der Waals surface area contributed by atoms with Crippen LogP contribution in [0.2, 0.25) is 0 Å². The average Bonchev–Trinajstić information content (AvgIpc) is 2.67. The summed E-state index contributed by atoms with van der Waals surface area (Å²) in [5.74, 6) is 0.513. The van der Waals surface area contributed by atoms with Gasteiger partial charge in [-0.25, -0.2) is 13.1 Å². The molecule has 0 unspecified atom stereocenters. The number of carbonyl (C=O) groups excluding carboxylic acids is 1. The Balaban J connectivity index is 1.66. The summed E-state index contributed by atoms with van der Waals surface area (Å²) in [6.07, 6.45) is 1.67. The minimum absolute atomic E-state index is 0.0884. The number of carbonyl (C=O) groups is 1. The maximum Gasteiger partial charge on any atom is 0.253 e. The molecule has 1 amide bonds. The lowest BCUT2D eigenvalue weighted by molar-refractivity contribution is -0.0846. The van der Waals surface area contributed by atoms with E-state index in [9.17, 15) is 13.2 Å². The van der Waals surface area contributed by atoms with Crippen LogP contribution in [0.3, 0.4) is 0 Å². The first-order valence-electron chi connectivity index (χ1n) is 9.04. The van der Waals surface area contributed by atoms with Crippen molar-refractivity contribution in [3.8, 4) is 0 Å². The van der Waals surface area contributed by atoms with Crippen LogP contribution in [-0.4, -0.2) is 64.8 Å². The van der Waals surface area contributed by atoms with E-state index in [1.807, 2.05) is 0 Å². The molecule has 0 spiro atoms. The van der Waals surface area contributed by atoms with Gasteiger partial charge in [-0.15, -0.1) is 0 Å². The second-order valence-electron chi connectivity index (χ2n) is 6.92. The molecule has 2 heterocycles. The molecular weight excluding hydrogens is 356 g/mol. The van der Waals surface area contributed by atoms with E-state index in [4.69, 9.17) is 9.47 Å². The number of hydrogen-bond donors (Lipinski definition) is 1. The zero-order valence-corrected chi connectivity index (χ0v) is 15.8. The number of nitrogens with zero attached hydrogens (tertiary/aromatic N) is 1. The molecule has 1 aromatic carbocycles. The van der Waals surface area contributed by atoms with Crippen molar-refractivity contribution in [2.75, 3.05) is 39.5 Å². The number of sulfonamides is 1. The standard InChI is InChI=1S/C18H26N2O5S/c1-14-5-7-20(8-6-14)18(21)15-3-2-4-17(11-15)26(22,23)19-12-16-13-24-9-10-25-16/h2-4,11,14,16,19H,5-10,12-13H2,1H3/t16-/m0/s1. The Labute approximate surface area is 154 Å². The van der Waals surface area contributed by atoms with Crippen LogP contribution < -0.4 is 4.72 Å². The first-order chi connectivity index (χ1) is 12.5. The van der Waals surface area contributed by atoms with Crippen LogP contribution in [0.4, 0.5) is 0 Å². The second-order valence-corrected chi connectivity index (χ2v) is 8.69. The third-order valence-electron chi connectivity index (χ3n) is 4.85. The number of rotatable bonds is 5. The third-order valence-corrected chi connectivity index (χ3v) is 6.27. The average molecular weight is 382 g/mol. The molecule has 1 atom stereocenters. The lowest BCUT2D eigenvalue weighted by atomic mass is 9.98. The Morgan fingerprint density at radius 2 is 2.04 bits per heavy atom. The topological polar surface area (TPSA) is 84.9 Å². The second kappa shape index (κ2) is 8.47. The van der Waals surface area contributed by atoms with Crippen molar-refractivity contribution >= 4 is 15.9 Å². The van der Waals surface area contributed by atoms with Crippen LogP contribution in [-0.2, 0) is 19.5 Å². The van der Waals surface area contributed by atoms with Gasteiger partial charge in [-0.1, -0.05) is 13.0 Å². The highest BCUT2D eigenvalue weighted by Crippen LogP contribution is 2.19. The van der Waals surface area contributed by atoms with Gasteiger partial charge >= 0.3 is 0 Å². The van der Waals surface area contributed by atoms with E-state index in [1.54, 1.807) is 17.0 Å². The van der Waals surface area contributed by atoms with E-state index < -0.39 is 10.0 Å². The summed E-state index contributed by atoms with van der Waals surface area (Å²) >= 11 is 0. The third kappa shape index (κ3) is 4.82. The highest BCUT2D eigenvalue weighted by Gasteiger charge is 2.24. The lowest BCUT2D eigenvalue weighted by Gasteiger charge is -2.30. The van der Waals surface area contributed by atoms with Crippen molar-refractivity contribution in [3.05, 3.63) is 29.8 Å². The minimum Gasteiger partial charge on any atom is -0.376 e. The zero-order valence-electron chi connectivity index (χ0n) is 15.0. The normalized spacial score (nSPS) is 22.3. The van der Waals surface area contributed by atoms with Crippen molar-refractivity contribution in [2.45, 2.75) is 30.8 Å². The Morgan fingerprint density at radius 3 is 2.73 bits per heavy atom. The van der Waals surface area contributed by atoms with Gasteiger partial charge in [-0.05, 0) is 37.0 Å². The molecule has 144 valence electrons. The molecule has 0 aromatic heterocycles. The maximum atomic E-state index is 12.7. The zero-order chi connectivity index (χ0) is 18.6. The number of ether oxygens (including phenoxy) is 2. The Bertz CT molecular complexity index is 723. The van der Waals surface area contributed by atoms with Crippen LogP contribution in [0.25, 0.3) is 0 Å². The molecule has 0 bridgehead atoms. The smallest absolute Gasteiger partial charge is 0.253 e. The molecule has 3 rings (SSSR count). The highest BCUT2D eigenvalue weighted by atomic mass is 32.2. The molecule has 2 saturated heterocycles. The summed E-state index contributed by atoms with van der Waals surface area (Å²) in [5.41, 5.74) is 0.402. The summed E-state index contributed by atoms with van der Waals surface area (Å²) in [6.45, 7) is 5.12. The Morgan fingerprint density at radius 1 is 1.27 bits per heavy atom. The predicted molar refractivity (Wildman–Crippen MR) is 96.5 cm³/mol. The van der Waals surface area contributed by atoms with Crippen LogP contribution in [0, 0.1) is 5.92 Å². The fourth-order valence-corrected chi connectivity index (χ4v) is 4.24. The summed E-state index contributed by atoms with van der Waals surface area (Å²) < 4.78 is 38.3. The molecule has 0 saturated carbocycles. The van der Waals surface area contributed by atoms with Gasteiger partial charge in [0.25, 0.3) is 5.91 Å². The largest absolute Gasteiger partial charge is 0.376 e. The van der Waals surface area contributed by atoms with Crippen molar-refractivity contribution < 1.29 is 22.7 Å². The summed E-state index contributed by atoms with van der Waals surface area (Å²) in [6, 6.07) is 6.21.